The van der Waals surface area contributed by atoms with Crippen LogP contribution in [0.2, 0.25) is 10.0 Å². The number of benzene rings is 1. The van der Waals surface area contributed by atoms with E-state index in [1.807, 2.05) is 0 Å². The quantitative estimate of drug-likeness (QED) is 0.865. The number of carbonyl (C=O) groups is 2. The molecule has 23 heavy (non-hydrogen) atoms. The molecular formula is C16H19Cl2NO4. The maximum absolute atomic E-state index is 12.2. The molecule has 5 nitrogen and oxygen atoms in total. The van der Waals surface area contributed by atoms with Gasteiger partial charge in [0.15, 0.2) is 0 Å². The van der Waals surface area contributed by atoms with Crippen LogP contribution in [0.5, 0.6) is 0 Å². The van der Waals surface area contributed by atoms with Crippen LogP contribution in [0.4, 0.5) is 4.79 Å². The normalized spacial score (nSPS) is 21.3. The predicted octanol–water partition coefficient (Wildman–Crippen LogP) is 4.03. The zero-order valence-corrected chi connectivity index (χ0v) is 14.7. The van der Waals surface area contributed by atoms with Crippen molar-refractivity contribution in [3.05, 3.63) is 33.8 Å². The Hall–Kier alpha value is -1.46. The van der Waals surface area contributed by atoms with Gasteiger partial charge in [0.2, 0.25) is 0 Å². The molecule has 1 aromatic carbocycles. The number of nitrogens with zero attached hydrogens (tertiary/aromatic N) is 1. The lowest BCUT2D eigenvalue weighted by atomic mass is 9.89. The van der Waals surface area contributed by atoms with Crippen LogP contribution in [-0.4, -0.2) is 40.8 Å². The third kappa shape index (κ3) is 4.09. The molecule has 0 radical (unpaired) electrons. The number of rotatable bonds is 2. The third-order valence-corrected chi connectivity index (χ3v) is 4.50. The number of carboxylic acid groups (broad SMARTS) is 1. The molecule has 0 saturated carbocycles. The van der Waals surface area contributed by atoms with Crippen LogP contribution in [-0.2, 0) is 9.53 Å². The van der Waals surface area contributed by atoms with Crippen LogP contribution in [0.15, 0.2) is 18.2 Å². The summed E-state index contributed by atoms with van der Waals surface area (Å²) in [6.07, 6.45) is -0.524. The van der Waals surface area contributed by atoms with E-state index in [4.69, 9.17) is 27.9 Å². The molecule has 126 valence electrons. The first kappa shape index (κ1) is 17.9. The van der Waals surface area contributed by atoms with Crippen molar-refractivity contribution in [2.75, 3.05) is 13.1 Å². The first-order valence-electron chi connectivity index (χ1n) is 7.25. The van der Waals surface area contributed by atoms with Gasteiger partial charge in [-0.05, 0) is 32.4 Å². The van der Waals surface area contributed by atoms with Gasteiger partial charge in [0.25, 0.3) is 0 Å². The van der Waals surface area contributed by atoms with Crippen molar-refractivity contribution in [1.29, 1.82) is 0 Å². The average Bonchev–Trinajstić information content (AvgIpc) is 2.85. The Kier molecular flexibility index (Phi) is 5.11. The number of likely N-dealkylation sites (tertiary alicyclic amines) is 1. The van der Waals surface area contributed by atoms with Crippen LogP contribution < -0.4 is 0 Å². The van der Waals surface area contributed by atoms with E-state index in [0.717, 1.165) is 0 Å². The Bertz CT molecular complexity index is 627. The highest BCUT2D eigenvalue weighted by Gasteiger charge is 2.42. The first-order chi connectivity index (χ1) is 10.6. The summed E-state index contributed by atoms with van der Waals surface area (Å²) < 4.78 is 5.32. The minimum atomic E-state index is -0.975. The number of ether oxygens (including phenoxy) is 1. The standard InChI is InChI=1S/C16H19Cl2NO4/c1-16(2,3)23-15(22)19-7-10(11(8-19)14(20)21)9-5-4-6-12(17)13(9)18/h4-6,10-11H,7-8H2,1-3H3,(H,20,21)/t10-,11+/m0/s1. The summed E-state index contributed by atoms with van der Waals surface area (Å²) in [5.41, 5.74) is -0.000621. The molecule has 2 atom stereocenters. The predicted molar refractivity (Wildman–Crippen MR) is 88.1 cm³/mol. The van der Waals surface area contributed by atoms with Crippen LogP contribution in [0.3, 0.4) is 0 Å². The highest BCUT2D eigenvalue weighted by Crippen LogP contribution is 2.39. The fourth-order valence-corrected chi connectivity index (χ4v) is 3.10. The van der Waals surface area contributed by atoms with Crippen molar-refractivity contribution in [1.82, 2.24) is 4.90 Å². The van der Waals surface area contributed by atoms with Crippen LogP contribution >= 0.6 is 23.2 Å². The summed E-state index contributed by atoms with van der Waals surface area (Å²) in [7, 11) is 0. The molecule has 1 heterocycles. The maximum Gasteiger partial charge on any atom is 0.410 e. The van der Waals surface area contributed by atoms with E-state index in [1.165, 1.54) is 4.90 Å². The van der Waals surface area contributed by atoms with Crippen molar-refractivity contribution in [3.63, 3.8) is 0 Å². The summed E-state index contributed by atoms with van der Waals surface area (Å²) in [6.45, 7) is 5.60. The molecule has 1 amide bonds. The van der Waals surface area contributed by atoms with Crippen molar-refractivity contribution < 1.29 is 19.4 Å². The van der Waals surface area contributed by atoms with Gasteiger partial charge in [0.1, 0.15) is 5.60 Å². The fraction of sp³-hybridized carbons (Fsp3) is 0.500. The topological polar surface area (TPSA) is 66.8 Å². The Balaban J connectivity index is 2.27. The smallest absolute Gasteiger partial charge is 0.410 e. The Morgan fingerprint density at radius 3 is 2.48 bits per heavy atom. The number of carboxylic acids is 1. The molecule has 0 aliphatic carbocycles. The zero-order valence-electron chi connectivity index (χ0n) is 13.2. The molecule has 2 rings (SSSR count). The van der Waals surface area contributed by atoms with Crippen molar-refractivity contribution in [3.8, 4) is 0 Å². The minimum absolute atomic E-state index is 0.0811. The molecule has 1 aliphatic rings. The maximum atomic E-state index is 12.2. The third-order valence-electron chi connectivity index (χ3n) is 3.67. The van der Waals surface area contributed by atoms with E-state index in [0.29, 0.717) is 15.6 Å². The van der Waals surface area contributed by atoms with Gasteiger partial charge in [-0.1, -0.05) is 35.3 Å². The Morgan fingerprint density at radius 1 is 1.26 bits per heavy atom. The van der Waals surface area contributed by atoms with Crippen molar-refractivity contribution in [2.45, 2.75) is 32.3 Å². The molecular weight excluding hydrogens is 341 g/mol. The second-order valence-electron chi connectivity index (χ2n) is 6.58. The molecule has 1 fully saturated rings. The van der Waals surface area contributed by atoms with Gasteiger partial charge in [-0.3, -0.25) is 4.79 Å². The van der Waals surface area contributed by atoms with Crippen LogP contribution in [0.1, 0.15) is 32.3 Å². The number of aliphatic carboxylic acids is 1. The van der Waals surface area contributed by atoms with Crippen molar-refractivity contribution >= 4 is 35.3 Å². The van der Waals surface area contributed by atoms with E-state index in [1.54, 1.807) is 39.0 Å². The lowest BCUT2D eigenvalue weighted by Gasteiger charge is -2.24. The van der Waals surface area contributed by atoms with Gasteiger partial charge in [-0.15, -0.1) is 0 Å². The first-order valence-corrected chi connectivity index (χ1v) is 8.00. The molecule has 0 spiro atoms. The van der Waals surface area contributed by atoms with E-state index >= 15 is 0 Å². The number of halogens is 2. The van der Waals surface area contributed by atoms with Crippen LogP contribution in [0, 0.1) is 5.92 Å². The van der Waals surface area contributed by atoms with E-state index in [-0.39, 0.29) is 13.1 Å². The number of hydrogen-bond donors (Lipinski definition) is 1. The van der Waals surface area contributed by atoms with Gasteiger partial charge in [0.05, 0.1) is 16.0 Å². The molecule has 1 aliphatic heterocycles. The zero-order chi connectivity index (χ0) is 17.4. The van der Waals surface area contributed by atoms with Gasteiger partial charge in [-0.25, -0.2) is 4.79 Å². The minimum Gasteiger partial charge on any atom is -0.481 e. The Morgan fingerprint density at radius 2 is 1.91 bits per heavy atom. The summed E-state index contributed by atoms with van der Waals surface area (Å²) in [4.78, 5) is 25.2. The molecule has 0 bridgehead atoms. The van der Waals surface area contributed by atoms with Crippen molar-refractivity contribution in [2.24, 2.45) is 5.92 Å². The van der Waals surface area contributed by atoms with E-state index < -0.39 is 29.5 Å². The summed E-state index contributed by atoms with van der Waals surface area (Å²) in [5, 5.41) is 10.2. The molecule has 0 aromatic heterocycles. The van der Waals surface area contributed by atoms with E-state index in [9.17, 15) is 14.7 Å². The SMILES string of the molecule is CC(C)(C)OC(=O)N1C[C@@H](C(=O)O)[C@H](c2cccc(Cl)c2Cl)C1. The molecule has 0 unspecified atom stereocenters. The monoisotopic (exact) mass is 359 g/mol. The Labute approximate surface area is 145 Å². The fourth-order valence-electron chi connectivity index (χ4n) is 2.65. The summed E-state index contributed by atoms with van der Waals surface area (Å²) in [5.74, 6) is -2.15. The molecule has 7 heteroatoms. The van der Waals surface area contributed by atoms with Gasteiger partial charge in [0, 0.05) is 19.0 Å². The molecule has 1 saturated heterocycles. The highest BCUT2D eigenvalue weighted by atomic mass is 35.5. The van der Waals surface area contributed by atoms with E-state index in [2.05, 4.69) is 0 Å². The van der Waals surface area contributed by atoms with Gasteiger partial charge in [-0.2, -0.15) is 0 Å². The number of hydrogen-bond acceptors (Lipinski definition) is 3. The highest BCUT2D eigenvalue weighted by molar-refractivity contribution is 6.42. The van der Waals surface area contributed by atoms with Gasteiger partial charge < -0.3 is 14.7 Å². The average molecular weight is 360 g/mol. The molecule has 1 aromatic rings. The largest absolute Gasteiger partial charge is 0.481 e. The van der Waals surface area contributed by atoms with Gasteiger partial charge >= 0.3 is 12.1 Å². The lowest BCUT2D eigenvalue weighted by molar-refractivity contribution is -0.141. The summed E-state index contributed by atoms with van der Waals surface area (Å²) >= 11 is 12.2. The molecule has 1 N–H and O–H groups in total. The lowest BCUT2D eigenvalue weighted by Crippen LogP contribution is -2.35. The van der Waals surface area contributed by atoms with Crippen LogP contribution in [0.25, 0.3) is 0 Å². The second-order valence-corrected chi connectivity index (χ2v) is 7.36. The number of amides is 1. The summed E-state index contributed by atoms with van der Waals surface area (Å²) in [6, 6.07) is 5.11. The number of carbonyl (C=O) groups excluding carboxylic acids is 1. The second kappa shape index (κ2) is 6.57.